The second-order valence-electron chi connectivity index (χ2n) is 4.05. The number of carbonyl (C=O) groups is 2. The van der Waals surface area contributed by atoms with E-state index in [4.69, 9.17) is 5.11 Å². The summed E-state index contributed by atoms with van der Waals surface area (Å²) in [5.74, 6) is -1.44. The number of urea groups is 1. The average molecular weight is 228 g/mol. The van der Waals surface area contributed by atoms with Crippen LogP contribution in [0.4, 0.5) is 4.79 Å². The summed E-state index contributed by atoms with van der Waals surface area (Å²) in [6, 6.07) is -0.696. The van der Waals surface area contributed by atoms with E-state index < -0.39 is 5.97 Å². The number of hydrogen-bond acceptors (Lipinski definition) is 4. The van der Waals surface area contributed by atoms with E-state index in [0.29, 0.717) is 0 Å². The summed E-state index contributed by atoms with van der Waals surface area (Å²) in [4.78, 5) is 22.7. The Morgan fingerprint density at radius 3 is 2.25 bits per heavy atom. The van der Waals surface area contributed by atoms with Crippen LogP contribution in [-0.2, 0) is 4.79 Å². The molecule has 90 valence electrons. The summed E-state index contributed by atoms with van der Waals surface area (Å²) in [6.45, 7) is 7.11. The van der Waals surface area contributed by atoms with Crippen LogP contribution < -0.4 is 5.43 Å². The van der Waals surface area contributed by atoms with Crippen molar-refractivity contribution in [2.75, 3.05) is 0 Å². The fourth-order valence-electron chi connectivity index (χ4n) is 1.22. The first-order valence-electron chi connectivity index (χ1n) is 5.05. The zero-order valence-electron chi connectivity index (χ0n) is 9.76. The highest BCUT2D eigenvalue weighted by Gasteiger charge is 2.33. The van der Waals surface area contributed by atoms with Gasteiger partial charge in [0.15, 0.2) is 0 Å². The number of amides is 2. The molecule has 16 heavy (non-hydrogen) atoms. The summed E-state index contributed by atoms with van der Waals surface area (Å²) in [6.07, 6.45) is 0. The van der Waals surface area contributed by atoms with Crippen molar-refractivity contribution in [3.05, 3.63) is 0 Å². The Labute approximate surface area is 93.7 Å². The summed E-state index contributed by atoms with van der Waals surface area (Å²) < 4.78 is 0. The Morgan fingerprint density at radius 1 is 1.31 bits per heavy atom. The Balaban J connectivity index is 3.05. The lowest BCUT2D eigenvalue weighted by Crippen LogP contribution is -2.61. The fourth-order valence-corrected chi connectivity index (χ4v) is 1.22. The molecule has 1 rings (SSSR count). The monoisotopic (exact) mass is 228 g/mol. The Hall–Kier alpha value is -1.79. The largest absolute Gasteiger partial charge is 0.475 e. The summed E-state index contributed by atoms with van der Waals surface area (Å²) >= 11 is 0. The first-order valence-corrected chi connectivity index (χ1v) is 5.05. The second-order valence-corrected chi connectivity index (χ2v) is 4.05. The molecule has 0 aromatic heterocycles. The number of aliphatic carboxylic acids is 1. The number of hydrazine groups is 1. The van der Waals surface area contributed by atoms with Crippen LogP contribution in [0, 0.1) is 0 Å². The molecule has 0 saturated heterocycles. The first-order chi connectivity index (χ1) is 7.34. The molecule has 0 aromatic carbocycles. The van der Waals surface area contributed by atoms with Crippen LogP contribution >= 0.6 is 0 Å². The van der Waals surface area contributed by atoms with Gasteiger partial charge in [-0.15, -0.1) is 5.10 Å². The van der Waals surface area contributed by atoms with Gasteiger partial charge in [-0.2, -0.15) is 0 Å². The van der Waals surface area contributed by atoms with Gasteiger partial charge in [0, 0.05) is 6.04 Å². The maximum atomic E-state index is 11.9. The first kappa shape index (κ1) is 12.3. The second kappa shape index (κ2) is 4.38. The van der Waals surface area contributed by atoms with E-state index in [2.05, 4.69) is 10.5 Å². The number of rotatable bonds is 3. The lowest BCUT2D eigenvalue weighted by atomic mass is 10.3. The van der Waals surface area contributed by atoms with Crippen LogP contribution in [0.25, 0.3) is 0 Å². The molecule has 7 heteroatoms. The van der Waals surface area contributed by atoms with E-state index in [-0.39, 0.29) is 24.0 Å². The number of carboxylic acids is 1. The predicted octanol–water partition coefficient (Wildman–Crippen LogP) is 0.444. The summed E-state index contributed by atoms with van der Waals surface area (Å²) in [5.41, 5.74) is 2.48. The van der Waals surface area contributed by atoms with Crippen molar-refractivity contribution >= 4 is 17.8 Å². The van der Waals surface area contributed by atoms with Gasteiger partial charge in [-0.05, 0) is 27.7 Å². The van der Waals surface area contributed by atoms with Crippen LogP contribution in [0.3, 0.4) is 0 Å². The van der Waals surface area contributed by atoms with E-state index in [1.807, 2.05) is 0 Å². The third-order valence-corrected chi connectivity index (χ3v) is 2.04. The molecule has 0 atom stereocenters. The predicted molar refractivity (Wildman–Crippen MR) is 57.6 cm³/mol. The maximum Gasteiger partial charge on any atom is 0.375 e. The number of hydrazone groups is 1. The molecule has 0 radical (unpaired) electrons. The molecule has 1 aliphatic heterocycles. The zero-order valence-corrected chi connectivity index (χ0v) is 9.76. The van der Waals surface area contributed by atoms with Crippen LogP contribution in [-0.4, -0.2) is 45.0 Å². The highest BCUT2D eigenvalue weighted by atomic mass is 16.4. The third-order valence-electron chi connectivity index (χ3n) is 2.04. The molecule has 0 aromatic rings. The van der Waals surface area contributed by atoms with E-state index in [0.717, 1.165) is 5.01 Å². The molecular formula is C9H16N4O3. The fraction of sp³-hybridized carbons (Fsp3) is 0.667. The van der Waals surface area contributed by atoms with Gasteiger partial charge in [-0.25, -0.2) is 19.6 Å². The van der Waals surface area contributed by atoms with Crippen molar-refractivity contribution < 1.29 is 14.7 Å². The van der Waals surface area contributed by atoms with Crippen molar-refractivity contribution in [3.63, 3.8) is 0 Å². The number of nitrogens with zero attached hydrogens (tertiary/aromatic N) is 3. The molecule has 1 aliphatic rings. The standard InChI is InChI=1S/C9H16N4O3/c1-5(2)12-9(16)13(6(3)4)11-7(10-12)8(14)15/h5-6H,1-4H3,(H,10,11)(H,14,15). The van der Waals surface area contributed by atoms with Gasteiger partial charge in [0.1, 0.15) is 0 Å². The molecule has 2 amide bonds. The van der Waals surface area contributed by atoms with Crippen LogP contribution in [0.1, 0.15) is 27.7 Å². The normalized spacial score (nSPS) is 16.6. The number of amidine groups is 1. The minimum absolute atomic E-state index is 0.154. The Kier molecular flexibility index (Phi) is 3.36. The quantitative estimate of drug-likeness (QED) is 0.734. The number of hydrogen-bond donors (Lipinski definition) is 2. The van der Waals surface area contributed by atoms with Crippen LogP contribution in [0.2, 0.25) is 0 Å². The Bertz CT molecular complexity index is 338. The smallest absolute Gasteiger partial charge is 0.375 e. The van der Waals surface area contributed by atoms with Gasteiger partial charge in [-0.1, -0.05) is 0 Å². The SMILES string of the molecule is CC(C)N1N=C(C(=O)O)NN(C(C)C)C1=O. The van der Waals surface area contributed by atoms with Gasteiger partial charge in [0.2, 0.25) is 0 Å². The Morgan fingerprint density at radius 2 is 1.88 bits per heavy atom. The number of nitrogens with one attached hydrogen (secondary N) is 1. The van der Waals surface area contributed by atoms with Gasteiger partial charge in [0.05, 0.1) is 6.04 Å². The molecular weight excluding hydrogens is 212 g/mol. The maximum absolute atomic E-state index is 11.9. The molecule has 0 spiro atoms. The zero-order chi connectivity index (χ0) is 12.5. The van der Waals surface area contributed by atoms with Gasteiger partial charge in [0.25, 0.3) is 5.84 Å². The van der Waals surface area contributed by atoms with E-state index >= 15 is 0 Å². The average Bonchev–Trinajstić information content (AvgIpc) is 2.16. The number of carbonyl (C=O) groups excluding carboxylic acids is 1. The molecule has 0 fully saturated rings. The van der Waals surface area contributed by atoms with Gasteiger partial charge < -0.3 is 5.11 Å². The molecule has 0 unspecified atom stereocenters. The summed E-state index contributed by atoms with van der Waals surface area (Å²) in [5, 5.41) is 15.0. The van der Waals surface area contributed by atoms with Crippen molar-refractivity contribution in [1.82, 2.24) is 15.4 Å². The topological polar surface area (TPSA) is 85.2 Å². The van der Waals surface area contributed by atoms with Crippen molar-refractivity contribution in [3.8, 4) is 0 Å². The highest BCUT2D eigenvalue weighted by Crippen LogP contribution is 2.11. The third kappa shape index (κ3) is 2.23. The van der Waals surface area contributed by atoms with Crippen molar-refractivity contribution in [1.29, 1.82) is 0 Å². The van der Waals surface area contributed by atoms with Crippen LogP contribution in [0.15, 0.2) is 5.10 Å². The minimum atomic E-state index is -1.19. The molecule has 0 aliphatic carbocycles. The van der Waals surface area contributed by atoms with Crippen molar-refractivity contribution in [2.45, 2.75) is 39.8 Å². The summed E-state index contributed by atoms with van der Waals surface area (Å²) in [7, 11) is 0. The highest BCUT2D eigenvalue weighted by molar-refractivity contribution is 6.34. The van der Waals surface area contributed by atoms with E-state index in [1.54, 1.807) is 27.7 Å². The van der Waals surface area contributed by atoms with Crippen LogP contribution in [0.5, 0.6) is 0 Å². The lowest BCUT2D eigenvalue weighted by molar-refractivity contribution is -0.130. The number of carboxylic acid groups (broad SMARTS) is 1. The lowest BCUT2D eigenvalue weighted by Gasteiger charge is -2.36. The molecule has 0 saturated carbocycles. The molecule has 0 bridgehead atoms. The van der Waals surface area contributed by atoms with E-state index in [1.165, 1.54) is 5.01 Å². The molecule has 2 N–H and O–H groups in total. The van der Waals surface area contributed by atoms with Gasteiger partial charge >= 0.3 is 12.0 Å². The van der Waals surface area contributed by atoms with E-state index in [9.17, 15) is 9.59 Å². The minimum Gasteiger partial charge on any atom is -0.475 e. The molecule has 7 nitrogen and oxygen atoms in total. The molecule has 1 heterocycles. The van der Waals surface area contributed by atoms with Crippen molar-refractivity contribution in [2.24, 2.45) is 5.10 Å². The van der Waals surface area contributed by atoms with Gasteiger partial charge in [-0.3, -0.25) is 5.43 Å².